The van der Waals surface area contributed by atoms with E-state index >= 15 is 0 Å². The van der Waals surface area contributed by atoms with Crippen LogP contribution in [0.3, 0.4) is 0 Å². The Morgan fingerprint density at radius 1 is 1.47 bits per heavy atom. The smallest absolute Gasteiger partial charge is 0.313 e. The van der Waals surface area contributed by atoms with Crippen LogP contribution in [0.1, 0.15) is 39.5 Å². The zero-order chi connectivity index (χ0) is 14.5. The number of hydrogen-bond donors (Lipinski definition) is 1. The Hall–Kier alpha value is -1.10. The maximum Gasteiger partial charge on any atom is 0.313 e. The second-order valence-electron chi connectivity index (χ2n) is 5.68. The molecule has 1 rings (SSSR count). The number of aliphatic carboxylic acids is 1. The van der Waals surface area contributed by atoms with Gasteiger partial charge in [0.25, 0.3) is 0 Å². The molecule has 1 amide bonds. The summed E-state index contributed by atoms with van der Waals surface area (Å²) in [4.78, 5) is 25.2. The van der Waals surface area contributed by atoms with E-state index in [1.165, 1.54) is 7.11 Å². The second kappa shape index (κ2) is 6.89. The minimum absolute atomic E-state index is 0.0696. The van der Waals surface area contributed by atoms with Crippen LogP contribution in [-0.4, -0.2) is 48.7 Å². The SMILES string of the molecule is CCCC(C)CC(=O)N1CCC(COC)(C(=O)O)C1. The molecule has 5 heteroatoms. The number of methoxy groups -OCH3 is 1. The predicted molar refractivity (Wildman–Crippen MR) is 71.8 cm³/mol. The number of nitrogens with zero attached hydrogens (tertiary/aromatic N) is 1. The van der Waals surface area contributed by atoms with Crippen LogP contribution in [0.15, 0.2) is 0 Å². The highest BCUT2D eigenvalue weighted by Gasteiger charge is 2.46. The quantitative estimate of drug-likeness (QED) is 0.766. The average molecular weight is 271 g/mol. The molecule has 1 aliphatic heterocycles. The number of amides is 1. The zero-order valence-corrected chi connectivity index (χ0v) is 12.1. The van der Waals surface area contributed by atoms with Gasteiger partial charge >= 0.3 is 5.97 Å². The third kappa shape index (κ3) is 3.93. The molecule has 1 heterocycles. The summed E-state index contributed by atoms with van der Waals surface area (Å²) < 4.78 is 5.02. The first-order valence-corrected chi connectivity index (χ1v) is 6.95. The fourth-order valence-electron chi connectivity index (χ4n) is 2.74. The standard InChI is InChI=1S/C14H25NO4/c1-4-5-11(2)8-12(16)15-7-6-14(9-15,10-19-3)13(17)18/h11H,4-10H2,1-3H3,(H,17,18). The second-order valence-corrected chi connectivity index (χ2v) is 5.68. The van der Waals surface area contributed by atoms with Gasteiger partial charge in [-0.2, -0.15) is 0 Å². The van der Waals surface area contributed by atoms with E-state index in [9.17, 15) is 14.7 Å². The van der Waals surface area contributed by atoms with Crippen LogP contribution in [0.5, 0.6) is 0 Å². The van der Waals surface area contributed by atoms with Crippen LogP contribution in [0.2, 0.25) is 0 Å². The van der Waals surface area contributed by atoms with Crippen molar-refractivity contribution in [2.45, 2.75) is 39.5 Å². The lowest BCUT2D eigenvalue weighted by Crippen LogP contribution is -2.40. The Morgan fingerprint density at radius 3 is 2.68 bits per heavy atom. The van der Waals surface area contributed by atoms with Gasteiger partial charge in [0.05, 0.1) is 6.61 Å². The third-order valence-corrected chi connectivity index (χ3v) is 3.89. The van der Waals surface area contributed by atoms with Crippen molar-refractivity contribution in [2.75, 3.05) is 26.8 Å². The molecule has 0 aromatic carbocycles. The monoisotopic (exact) mass is 271 g/mol. The summed E-state index contributed by atoms with van der Waals surface area (Å²) in [5.74, 6) is -0.439. The molecule has 5 nitrogen and oxygen atoms in total. The molecule has 0 saturated carbocycles. The van der Waals surface area contributed by atoms with Gasteiger partial charge in [0, 0.05) is 26.6 Å². The summed E-state index contributed by atoms with van der Waals surface area (Å²) in [6.07, 6.45) is 3.08. The molecule has 0 bridgehead atoms. The molecular formula is C14H25NO4. The summed E-state index contributed by atoms with van der Waals surface area (Å²) in [6.45, 7) is 5.12. The molecule has 0 aliphatic carbocycles. The van der Waals surface area contributed by atoms with E-state index in [0.29, 0.717) is 25.3 Å². The van der Waals surface area contributed by atoms with E-state index in [1.54, 1.807) is 4.90 Å². The minimum atomic E-state index is -0.918. The molecule has 1 fully saturated rings. The molecule has 1 saturated heterocycles. The van der Waals surface area contributed by atoms with Crippen molar-refractivity contribution in [1.82, 2.24) is 4.90 Å². The van der Waals surface area contributed by atoms with Gasteiger partial charge in [0.2, 0.25) is 5.91 Å². The number of likely N-dealkylation sites (tertiary alicyclic amines) is 1. The number of carbonyl (C=O) groups excluding carboxylic acids is 1. The van der Waals surface area contributed by atoms with Crippen LogP contribution >= 0.6 is 0 Å². The van der Waals surface area contributed by atoms with Gasteiger partial charge in [-0.1, -0.05) is 26.7 Å². The van der Waals surface area contributed by atoms with Crippen molar-refractivity contribution in [3.05, 3.63) is 0 Å². The Balaban J connectivity index is 2.59. The van der Waals surface area contributed by atoms with Gasteiger partial charge < -0.3 is 14.7 Å². The van der Waals surface area contributed by atoms with Crippen molar-refractivity contribution in [3.63, 3.8) is 0 Å². The van der Waals surface area contributed by atoms with Gasteiger partial charge in [0.15, 0.2) is 0 Å². The fraction of sp³-hybridized carbons (Fsp3) is 0.857. The lowest BCUT2D eigenvalue weighted by atomic mass is 9.88. The molecule has 19 heavy (non-hydrogen) atoms. The Labute approximate surface area is 114 Å². The van der Waals surface area contributed by atoms with Gasteiger partial charge in [-0.3, -0.25) is 9.59 Å². The summed E-state index contributed by atoms with van der Waals surface area (Å²) in [5, 5.41) is 9.34. The molecular weight excluding hydrogens is 246 g/mol. The fourth-order valence-corrected chi connectivity index (χ4v) is 2.74. The van der Waals surface area contributed by atoms with Gasteiger partial charge in [-0.15, -0.1) is 0 Å². The van der Waals surface area contributed by atoms with E-state index in [-0.39, 0.29) is 19.1 Å². The number of ether oxygens (including phenoxy) is 1. The van der Waals surface area contributed by atoms with Gasteiger partial charge in [-0.25, -0.2) is 0 Å². The van der Waals surface area contributed by atoms with Crippen LogP contribution < -0.4 is 0 Å². The van der Waals surface area contributed by atoms with E-state index in [4.69, 9.17) is 4.74 Å². The van der Waals surface area contributed by atoms with Crippen molar-refractivity contribution < 1.29 is 19.4 Å². The molecule has 1 aliphatic rings. The molecule has 0 spiro atoms. The average Bonchev–Trinajstić information content (AvgIpc) is 2.75. The molecule has 0 radical (unpaired) electrons. The number of rotatable bonds is 7. The molecule has 2 unspecified atom stereocenters. The molecule has 0 aromatic rings. The topological polar surface area (TPSA) is 66.8 Å². The van der Waals surface area contributed by atoms with Crippen molar-refractivity contribution >= 4 is 11.9 Å². The first kappa shape index (κ1) is 16.0. The number of carboxylic acid groups (broad SMARTS) is 1. The van der Waals surface area contributed by atoms with E-state index in [2.05, 4.69) is 13.8 Å². The number of hydrogen-bond acceptors (Lipinski definition) is 3. The lowest BCUT2D eigenvalue weighted by Gasteiger charge is -2.24. The summed E-state index contributed by atoms with van der Waals surface area (Å²) in [7, 11) is 1.50. The molecule has 2 atom stereocenters. The summed E-state index contributed by atoms with van der Waals surface area (Å²) in [6, 6.07) is 0. The van der Waals surface area contributed by atoms with E-state index < -0.39 is 11.4 Å². The van der Waals surface area contributed by atoms with Crippen LogP contribution in [0, 0.1) is 11.3 Å². The molecule has 110 valence electrons. The highest BCUT2D eigenvalue weighted by Crippen LogP contribution is 2.32. The first-order valence-electron chi connectivity index (χ1n) is 6.95. The highest BCUT2D eigenvalue weighted by molar-refractivity contribution is 5.80. The minimum Gasteiger partial charge on any atom is -0.481 e. The number of carboxylic acids is 1. The summed E-state index contributed by atoms with van der Waals surface area (Å²) >= 11 is 0. The zero-order valence-electron chi connectivity index (χ0n) is 12.1. The maximum absolute atomic E-state index is 12.1. The lowest BCUT2D eigenvalue weighted by molar-refractivity contribution is -0.151. The Morgan fingerprint density at radius 2 is 2.16 bits per heavy atom. The molecule has 1 N–H and O–H groups in total. The van der Waals surface area contributed by atoms with Crippen LogP contribution in [-0.2, 0) is 14.3 Å². The predicted octanol–water partition coefficient (Wildman–Crippen LogP) is 1.76. The van der Waals surface area contributed by atoms with Crippen molar-refractivity contribution in [3.8, 4) is 0 Å². The van der Waals surface area contributed by atoms with Gasteiger partial charge in [-0.05, 0) is 12.3 Å². The Kier molecular flexibility index (Phi) is 5.79. The normalized spacial score (nSPS) is 24.5. The first-order chi connectivity index (χ1) is 8.95. The Bertz CT molecular complexity index is 331. The van der Waals surface area contributed by atoms with E-state index in [0.717, 1.165) is 12.8 Å². The third-order valence-electron chi connectivity index (χ3n) is 3.89. The largest absolute Gasteiger partial charge is 0.481 e. The maximum atomic E-state index is 12.1. The summed E-state index contributed by atoms with van der Waals surface area (Å²) in [5.41, 5.74) is -0.918. The van der Waals surface area contributed by atoms with Crippen molar-refractivity contribution in [1.29, 1.82) is 0 Å². The number of carbonyl (C=O) groups is 2. The van der Waals surface area contributed by atoms with Crippen molar-refractivity contribution in [2.24, 2.45) is 11.3 Å². The van der Waals surface area contributed by atoms with E-state index in [1.807, 2.05) is 0 Å². The van der Waals surface area contributed by atoms with Crippen LogP contribution in [0.25, 0.3) is 0 Å². The molecule has 0 aromatic heterocycles. The highest BCUT2D eigenvalue weighted by atomic mass is 16.5. The van der Waals surface area contributed by atoms with Gasteiger partial charge in [0.1, 0.15) is 5.41 Å². The van der Waals surface area contributed by atoms with Crippen LogP contribution in [0.4, 0.5) is 0 Å².